The molecule has 1 N–H and O–H groups in total. The monoisotopic (exact) mass is 243 g/mol. The SMILES string of the molecule is O=C(Cc1ccc2c(c1)CCC2)C1CCCNC1. The van der Waals surface area contributed by atoms with Crippen LogP contribution in [0.4, 0.5) is 0 Å². The molecule has 2 heteroatoms. The van der Waals surface area contributed by atoms with Crippen molar-refractivity contribution in [3.05, 3.63) is 34.9 Å². The van der Waals surface area contributed by atoms with Gasteiger partial charge < -0.3 is 5.32 Å². The van der Waals surface area contributed by atoms with Gasteiger partial charge in [0.05, 0.1) is 0 Å². The number of ketones is 1. The molecule has 1 aliphatic heterocycles. The smallest absolute Gasteiger partial charge is 0.141 e. The number of hydrogen-bond acceptors (Lipinski definition) is 2. The Hall–Kier alpha value is -1.15. The minimum atomic E-state index is 0.243. The Kier molecular flexibility index (Phi) is 3.46. The highest BCUT2D eigenvalue weighted by atomic mass is 16.1. The fraction of sp³-hybridized carbons (Fsp3) is 0.562. The maximum atomic E-state index is 12.2. The summed E-state index contributed by atoms with van der Waals surface area (Å²) in [5, 5.41) is 3.32. The van der Waals surface area contributed by atoms with E-state index in [4.69, 9.17) is 0 Å². The zero-order valence-corrected chi connectivity index (χ0v) is 10.9. The highest BCUT2D eigenvalue weighted by Crippen LogP contribution is 2.23. The molecule has 1 aromatic carbocycles. The van der Waals surface area contributed by atoms with Crippen LogP contribution in [0.2, 0.25) is 0 Å². The van der Waals surface area contributed by atoms with Crippen molar-refractivity contribution in [1.29, 1.82) is 0 Å². The molecule has 2 nitrogen and oxygen atoms in total. The molecule has 3 rings (SSSR count). The van der Waals surface area contributed by atoms with Gasteiger partial charge in [-0.3, -0.25) is 4.79 Å². The van der Waals surface area contributed by atoms with Gasteiger partial charge in [0, 0.05) is 18.9 Å². The standard InChI is InChI=1S/C16H21NO/c18-16(15-5-2-8-17-11-15)10-12-6-7-13-3-1-4-14(13)9-12/h6-7,9,15,17H,1-5,8,10-11H2. The van der Waals surface area contributed by atoms with E-state index in [-0.39, 0.29) is 5.92 Å². The molecular weight excluding hydrogens is 222 g/mol. The van der Waals surface area contributed by atoms with Crippen LogP contribution in [-0.4, -0.2) is 18.9 Å². The summed E-state index contributed by atoms with van der Waals surface area (Å²) in [4.78, 5) is 12.2. The molecule has 1 atom stereocenters. The van der Waals surface area contributed by atoms with Crippen LogP contribution in [0.15, 0.2) is 18.2 Å². The summed E-state index contributed by atoms with van der Waals surface area (Å²) in [6, 6.07) is 6.64. The molecule has 1 unspecified atom stereocenters. The Morgan fingerprint density at radius 3 is 2.94 bits per heavy atom. The van der Waals surface area contributed by atoms with Gasteiger partial charge in [-0.15, -0.1) is 0 Å². The number of rotatable bonds is 3. The molecule has 18 heavy (non-hydrogen) atoms. The van der Waals surface area contributed by atoms with Crippen LogP contribution in [0.5, 0.6) is 0 Å². The van der Waals surface area contributed by atoms with Crippen molar-refractivity contribution in [3.8, 4) is 0 Å². The fourth-order valence-electron chi connectivity index (χ4n) is 3.21. The molecule has 2 aliphatic rings. The summed E-state index contributed by atoms with van der Waals surface area (Å²) in [5.41, 5.74) is 4.18. The third-order valence-electron chi connectivity index (χ3n) is 4.29. The van der Waals surface area contributed by atoms with Gasteiger partial charge in [0.15, 0.2) is 0 Å². The average Bonchev–Trinajstić information content (AvgIpc) is 2.87. The molecule has 1 fully saturated rings. The number of Topliss-reactive ketones (excluding diaryl/α,β-unsaturated/α-hetero) is 1. The first-order valence-electron chi connectivity index (χ1n) is 7.17. The number of carbonyl (C=O) groups excluding carboxylic acids is 1. The van der Waals surface area contributed by atoms with E-state index in [1.165, 1.54) is 36.0 Å². The third kappa shape index (κ3) is 2.49. The van der Waals surface area contributed by atoms with Crippen molar-refractivity contribution >= 4 is 5.78 Å². The first-order valence-corrected chi connectivity index (χ1v) is 7.17. The zero-order valence-electron chi connectivity index (χ0n) is 10.9. The van der Waals surface area contributed by atoms with Crippen LogP contribution >= 0.6 is 0 Å². The number of hydrogen-bond donors (Lipinski definition) is 1. The maximum Gasteiger partial charge on any atom is 0.141 e. The molecular formula is C16H21NO. The van der Waals surface area contributed by atoms with Crippen molar-refractivity contribution < 1.29 is 4.79 Å². The number of benzene rings is 1. The summed E-state index contributed by atoms with van der Waals surface area (Å²) >= 11 is 0. The topological polar surface area (TPSA) is 29.1 Å². The van der Waals surface area contributed by atoms with Crippen LogP contribution < -0.4 is 5.32 Å². The third-order valence-corrected chi connectivity index (χ3v) is 4.29. The Morgan fingerprint density at radius 2 is 2.11 bits per heavy atom. The normalized spacial score (nSPS) is 22.8. The Balaban J connectivity index is 1.66. The van der Waals surface area contributed by atoms with Gasteiger partial charge in [-0.05, 0) is 55.3 Å². The lowest BCUT2D eigenvalue weighted by Gasteiger charge is -2.21. The van der Waals surface area contributed by atoms with Crippen molar-refractivity contribution in [2.45, 2.75) is 38.5 Å². The van der Waals surface area contributed by atoms with Crippen LogP contribution in [0, 0.1) is 5.92 Å². The zero-order chi connectivity index (χ0) is 12.4. The molecule has 1 heterocycles. The fourth-order valence-corrected chi connectivity index (χ4v) is 3.21. The Labute approximate surface area is 109 Å². The van der Waals surface area contributed by atoms with E-state index in [1.54, 1.807) is 0 Å². The summed E-state index contributed by atoms with van der Waals surface area (Å²) < 4.78 is 0. The van der Waals surface area contributed by atoms with Gasteiger partial charge in [0.25, 0.3) is 0 Å². The van der Waals surface area contributed by atoms with E-state index in [9.17, 15) is 4.79 Å². The second-order valence-corrected chi connectivity index (χ2v) is 5.64. The minimum Gasteiger partial charge on any atom is -0.316 e. The van der Waals surface area contributed by atoms with Gasteiger partial charge in [-0.1, -0.05) is 18.2 Å². The van der Waals surface area contributed by atoms with Crippen molar-refractivity contribution in [2.75, 3.05) is 13.1 Å². The number of nitrogens with one attached hydrogen (secondary N) is 1. The highest BCUT2D eigenvalue weighted by Gasteiger charge is 2.21. The predicted octanol–water partition coefficient (Wildman–Crippen LogP) is 2.29. The minimum absolute atomic E-state index is 0.243. The van der Waals surface area contributed by atoms with Gasteiger partial charge in [0.1, 0.15) is 5.78 Å². The van der Waals surface area contributed by atoms with E-state index in [0.717, 1.165) is 25.9 Å². The molecule has 96 valence electrons. The van der Waals surface area contributed by atoms with Crippen molar-refractivity contribution in [3.63, 3.8) is 0 Å². The molecule has 0 radical (unpaired) electrons. The quantitative estimate of drug-likeness (QED) is 0.882. The summed E-state index contributed by atoms with van der Waals surface area (Å²) in [5.74, 6) is 0.659. The first kappa shape index (κ1) is 11.9. The van der Waals surface area contributed by atoms with Crippen LogP contribution in [0.3, 0.4) is 0 Å². The lowest BCUT2D eigenvalue weighted by Crippen LogP contribution is -2.35. The maximum absolute atomic E-state index is 12.2. The van der Waals surface area contributed by atoms with E-state index >= 15 is 0 Å². The number of carbonyl (C=O) groups is 1. The van der Waals surface area contributed by atoms with Gasteiger partial charge in [-0.25, -0.2) is 0 Å². The lowest BCUT2D eigenvalue weighted by molar-refractivity contribution is -0.122. The van der Waals surface area contributed by atoms with Crippen LogP contribution in [-0.2, 0) is 24.1 Å². The average molecular weight is 243 g/mol. The van der Waals surface area contributed by atoms with Crippen molar-refractivity contribution in [1.82, 2.24) is 5.32 Å². The summed E-state index contributed by atoms with van der Waals surface area (Å²) in [6.07, 6.45) is 6.52. The predicted molar refractivity (Wildman–Crippen MR) is 72.8 cm³/mol. The van der Waals surface area contributed by atoms with E-state index in [1.807, 2.05) is 0 Å². The number of piperidine rings is 1. The number of fused-ring (bicyclic) bond motifs is 1. The molecule has 1 saturated heterocycles. The Bertz CT molecular complexity index is 446. The van der Waals surface area contributed by atoms with Crippen molar-refractivity contribution in [2.24, 2.45) is 5.92 Å². The molecule has 0 bridgehead atoms. The first-order chi connectivity index (χ1) is 8.83. The molecule has 1 aromatic rings. The second-order valence-electron chi connectivity index (χ2n) is 5.64. The molecule has 0 amide bonds. The van der Waals surface area contributed by atoms with Gasteiger partial charge >= 0.3 is 0 Å². The molecule has 0 spiro atoms. The van der Waals surface area contributed by atoms with E-state index < -0.39 is 0 Å². The van der Waals surface area contributed by atoms with Crippen LogP contribution in [0.1, 0.15) is 36.0 Å². The highest BCUT2D eigenvalue weighted by molar-refractivity contribution is 5.83. The molecule has 0 aromatic heterocycles. The van der Waals surface area contributed by atoms with E-state index in [2.05, 4.69) is 23.5 Å². The largest absolute Gasteiger partial charge is 0.316 e. The Morgan fingerprint density at radius 1 is 1.22 bits per heavy atom. The van der Waals surface area contributed by atoms with Crippen LogP contribution in [0.25, 0.3) is 0 Å². The second kappa shape index (κ2) is 5.23. The molecule has 0 saturated carbocycles. The lowest BCUT2D eigenvalue weighted by atomic mass is 9.91. The summed E-state index contributed by atoms with van der Waals surface area (Å²) in [7, 11) is 0. The van der Waals surface area contributed by atoms with E-state index in [0.29, 0.717) is 12.2 Å². The molecule has 1 aliphatic carbocycles. The van der Waals surface area contributed by atoms with Gasteiger partial charge in [-0.2, -0.15) is 0 Å². The number of aryl methyl sites for hydroxylation is 2. The van der Waals surface area contributed by atoms with Gasteiger partial charge in [0.2, 0.25) is 0 Å². The summed E-state index contributed by atoms with van der Waals surface area (Å²) in [6.45, 7) is 1.95.